The minimum Gasteiger partial charge on any atom is -0.478 e. The molecule has 2 heterocycles. The van der Waals surface area contributed by atoms with Crippen LogP contribution in [0, 0.1) is 0 Å². The number of halogens is 1. The van der Waals surface area contributed by atoms with Crippen LogP contribution in [0.15, 0.2) is 18.2 Å². The minimum absolute atomic E-state index is 0. The van der Waals surface area contributed by atoms with Gasteiger partial charge in [0, 0.05) is 6.92 Å². The summed E-state index contributed by atoms with van der Waals surface area (Å²) < 4.78 is 9.95. The maximum atomic E-state index is 12.7. The molecule has 10 heteroatoms. The van der Waals surface area contributed by atoms with Gasteiger partial charge in [-0.2, -0.15) is 0 Å². The standard InChI is InChI=1S/C16H20N2O7.ClH/c1-9(19)25-13(15(21)22)12-14(20)18(7-8-24-12)11-6-4-5-10(17-11)16(2,3)23;/h4-6,12-13,23H,7-8H2,1-3H3,(H,21,22);1H/t12?,13-;/m1./s1. The SMILES string of the molecule is CC(=O)O[C@@H](C(=O)O)C1OCCN(c2cccc(C(C)(C)O)n2)C1=O.Cl. The van der Waals surface area contributed by atoms with Crippen molar-refractivity contribution < 1.29 is 34.1 Å². The molecule has 0 radical (unpaired) electrons. The van der Waals surface area contributed by atoms with Gasteiger partial charge in [-0.15, -0.1) is 12.4 Å². The van der Waals surface area contributed by atoms with Crippen LogP contribution in [0.1, 0.15) is 26.5 Å². The number of anilines is 1. The summed E-state index contributed by atoms with van der Waals surface area (Å²) in [6.07, 6.45) is -3.21. The van der Waals surface area contributed by atoms with Crippen molar-refractivity contribution in [2.75, 3.05) is 18.1 Å². The third-order valence-electron chi connectivity index (χ3n) is 3.57. The molecule has 0 bridgehead atoms. The maximum absolute atomic E-state index is 12.7. The molecule has 2 rings (SSSR count). The van der Waals surface area contributed by atoms with Gasteiger partial charge in [-0.05, 0) is 26.0 Å². The van der Waals surface area contributed by atoms with Gasteiger partial charge in [-0.3, -0.25) is 14.5 Å². The van der Waals surface area contributed by atoms with E-state index < -0.39 is 35.7 Å². The van der Waals surface area contributed by atoms with Crippen LogP contribution in [-0.2, 0) is 29.5 Å². The Bertz CT molecular complexity index is 689. The number of carboxylic acids is 1. The van der Waals surface area contributed by atoms with Crippen LogP contribution >= 0.6 is 12.4 Å². The van der Waals surface area contributed by atoms with Crippen molar-refractivity contribution in [1.82, 2.24) is 4.98 Å². The van der Waals surface area contributed by atoms with Gasteiger partial charge in [0.15, 0.2) is 6.10 Å². The summed E-state index contributed by atoms with van der Waals surface area (Å²) >= 11 is 0. The normalized spacial score (nSPS) is 18.7. The number of aliphatic hydroxyl groups is 1. The number of carbonyl (C=O) groups is 3. The van der Waals surface area contributed by atoms with Gasteiger partial charge >= 0.3 is 11.9 Å². The fourth-order valence-electron chi connectivity index (χ4n) is 2.39. The number of rotatable bonds is 5. The molecule has 0 aromatic carbocycles. The van der Waals surface area contributed by atoms with Gasteiger partial charge < -0.3 is 19.7 Å². The average Bonchev–Trinajstić information content (AvgIpc) is 2.52. The number of esters is 1. The molecule has 2 atom stereocenters. The number of amides is 1. The molecule has 1 fully saturated rings. The number of nitrogens with zero attached hydrogens (tertiary/aromatic N) is 2. The summed E-state index contributed by atoms with van der Waals surface area (Å²) in [6, 6.07) is 4.82. The van der Waals surface area contributed by atoms with Crippen molar-refractivity contribution in [2.24, 2.45) is 0 Å². The van der Waals surface area contributed by atoms with Gasteiger partial charge in [0.2, 0.25) is 6.10 Å². The lowest BCUT2D eigenvalue weighted by Crippen LogP contribution is -2.56. The first-order chi connectivity index (χ1) is 11.6. The first kappa shape index (κ1) is 21.8. The number of hydrogen-bond acceptors (Lipinski definition) is 7. The predicted octanol–water partition coefficient (Wildman–Crippen LogP) is 0.479. The summed E-state index contributed by atoms with van der Waals surface area (Å²) in [5, 5.41) is 19.3. The molecule has 1 aliphatic rings. The highest BCUT2D eigenvalue weighted by atomic mass is 35.5. The summed E-state index contributed by atoms with van der Waals surface area (Å²) in [6.45, 7) is 4.38. The van der Waals surface area contributed by atoms with Crippen molar-refractivity contribution in [3.8, 4) is 0 Å². The van der Waals surface area contributed by atoms with E-state index in [2.05, 4.69) is 4.98 Å². The zero-order chi connectivity index (χ0) is 18.8. The second-order valence-corrected chi connectivity index (χ2v) is 6.09. The summed E-state index contributed by atoms with van der Waals surface area (Å²) in [4.78, 5) is 40.6. The van der Waals surface area contributed by atoms with E-state index in [1.807, 2.05) is 0 Å². The second kappa shape index (κ2) is 8.43. The number of hydrogen-bond donors (Lipinski definition) is 2. The monoisotopic (exact) mass is 388 g/mol. The van der Waals surface area contributed by atoms with Crippen molar-refractivity contribution in [3.63, 3.8) is 0 Å². The molecular weight excluding hydrogens is 368 g/mol. The van der Waals surface area contributed by atoms with E-state index in [0.717, 1.165) is 6.92 Å². The zero-order valence-corrected chi connectivity index (χ0v) is 15.4. The number of pyridine rings is 1. The lowest BCUT2D eigenvalue weighted by molar-refractivity contribution is -0.177. The number of carbonyl (C=O) groups excluding carboxylic acids is 2. The van der Waals surface area contributed by atoms with Crippen molar-refractivity contribution in [2.45, 2.75) is 38.6 Å². The molecule has 1 aliphatic heterocycles. The lowest BCUT2D eigenvalue weighted by atomic mass is 10.0. The van der Waals surface area contributed by atoms with Gasteiger partial charge in [0.1, 0.15) is 11.4 Å². The molecule has 1 amide bonds. The van der Waals surface area contributed by atoms with Crippen molar-refractivity contribution >= 4 is 36.1 Å². The van der Waals surface area contributed by atoms with Gasteiger partial charge in [-0.1, -0.05) is 6.07 Å². The Labute approximate surface area is 156 Å². The first-order valence-corrected chi connectivity index (χ1v) is 7.64. The Kier molecular flexibility index (Phi) is 7.08. The van der Waals surface area contributed by atoms with Crippen LogP contribution in [-0.4, -0.2) is 58.4 Å². The van der Waals surface area contributed by atoms with Crippen molar-refractivity contribution in [3.05, 3.63) is 23.9 Å². The molecule has 0 aliphatic carbocycles. The predicted molar refractivity (Wildman–Crippen MR) is 92.0 cm³/mol. The van der Waals surface area contributed by atoms with E-state index in [0.29, 0.717) is 5.69 Å². The molecular formula is C16H21ClN2O7. The smallest absolute Gasteiger partial charge is 0.348 e. The largest absolute Gasteiger partial charge is 0.478 e. The lowest BCUT2D eigenvalue weighted by Gasteiger charge is -2.34. The topological polar surface area (TPSA) is 126 Å². The molecule has 2 N–H and O–H groups in total. The molecule has 1 saturated heterocycles. The number of aromatic nitrogens is 1. The number of ether oxygens (including phenoxy) is 2. The van der Waals surface area contributed by atoms with Gasteiger partial charge in [0.05, 0.1) is 18.8 Å². The Balaban J connectivity index is 0.00000338. The number of aliphatic carboxylic acids is 1. The Morgan fingerprint density at radius 2 is 2.08 bits per heavy atom. The fraction of sp³-hybridized carbons (Fsp3) is 0.500. The molecule has 0 saturated carbocycles. The molecule has 1 aromatic rings. The van der Waals surface area contributed by atoms with Crippen LogP contribution in [0.3, 0.4) is 0 Å². The van der Waals surface area contributed by atoms with E-state index in [9.17, 15) is 24.6 Å². The summed E-state index contributed by atoms with van der Waals surface area (Å²) in [7, 11) is 0. The summed E-state index contributed by atoms with van der Waals surface area (Å²) in [5.74, 6) is -2.73. The summed E-state index contributed by atoms with van der Waals surface area (Å²) in [5.41, 5.74) is -0.845. The molecule has 1 aromatic heterocycles. The third-order valence-corrected chi connectivity index (χ3v) is 3.57. The molecule has 144 valence electrons. The van der Waals surface area contributed by atoms with E-state index in [4.69, 9.17) is 9.47 Å². The molecule has 9 nitrogen and oxygen atoms in total. The van der Waals surface area contributed by atoms with Crippen LogP contribution in [0.25, 0.3) is 0 Å². The Hall–Kier alpha value is -2.23. The van der Waals surface area contributed by atoms with E-state index in [-0.39, 0.29) is 31.4 Å². The Morgan fingerprint density at radius 1 is 1.42 bits per heavy atom. The highest BCUT2D eigenvalue weighted by Gasteiger charge is 2.43. The minimum atomic E-state index is -1.75. The van der Waals surface area contributed by atoms with Crippen LogP contribution in [0.5, 0.6) is 0 Å². The third kappa shape index (κ3) is 4.90. The van der Waals surface area contributed by atoms with E-state index in [1.54, 1.807) is 32.0 Å². The van der Waals surface area contributed by atoms with Crippen LogP contribution in [0.2, 0.25) is 0 Å². The number of morpholine rings is 1. The van der Waals surface area contributed by atoms with Crippen molar-refractivity contribution in [1.29, 1.82) is 0 Å². The fourth-order valence-corrected chi connectivity index (χ4v) is 2.39. The van der Waals surface area contributed by atoms with Crippen LogP contribution < -0.4 is 4.90 Å². The first-order valence-electron chi connectivity index (χ1n) is 7.64. The van der Waals surface area contributed by atoms with E-state index >= 15 is 0 Å². The van der Waals surface area contributed by atoms with Gasteiger partial charge in [-0.25, -0.2) is 9.78 Å². The second-order valence-electron chi connectivity index (χ2n) is 6.09. The van der Waals surface area contributed by atoms with Gasteiger partial charge in [0.25, 0.3) is 5.91 Å². The quantitative estimate of drug-likeness (QED) is 0.697. The molecule has 0 spiro atoms. The molecule has 26 heavy (non-hydrogen) atoms. The Morgan fingerprint density at radius 3 is 2.62 bits per heavy atom. The maximum Gasteiger partial charge on any atom is 0.348 e. The highest BCUT2D eigenvalue weighted by molar-refractivity contribution is 5.99. The zero-order valence-electron chi connectivity index (χ0n) is 14.5. The average molecular weight is 389 g/mol. The molecule has 1 unspecified atom stereocenters. The van der Waals surface area contributed by atoms with E-state index in [1.165, 1.54) is 4.90 Å². The van der Waals surface area contributed by atoms with Crippen LogP contribution in [0.4, 0.5) is 5.82 Å². The number of carboxylic acid groups (broad SMARTS) is 1. The highest BCUT2D eigenvalue weighted by Crippen LogP contribution is 2.24.